The van der Waals surface area contributed by atoms with Gasteiger partial charge in [0.2, 0.25) is 0 Å². The van der Waals surface area contributed by atoms with Crippen molar-refractivity contribution < 1.29 is 27.6 Å². The number of ether oxygens (including phenoxy) is 2. The summed E-state index contributed by atoms with van der Waals surface area (Å²) in [5.74, 6) is 0.0163. The van der Waals surface area contributed by atoms with Crippen LogP contribution in [0.5, 0.6) is 11.5 Å². The molecule has 0 aromatic heterocycles. The number of nitro groups is 1. The lowest BCUT2D eigenvalue weighted by Crippen LogP contribution is -2.17. The number of hydrogen-bond donors (Lipinski definition) is 0. The highest BCUT2D eigenvalue weighted by molar-refractivity contribution is 5.43. The van der Waals surface area contributed by atoms with Gasteiger partial charge in [-0.05, 0) is 36.2 Å². The van der Waals surface area contributed by atoms with Crippen LogP contribution in [0.1, 0.15) is 11.1 Å². The van der Waals surface area contributed by atoms with E-state index >= 15 is 0 Å². The smallest absolute Gasteiger partial charge is 0.488 e. The highest BCUT2D eigenvalue weighted by Crippen LogP contribution is 2.26. The average molecular weight is 327 g/mol. The molecule has 0 atom stereocenters. The quantitative estimate of drug-likeness (QED) is 0.604. The molecule has 0 aliphatic rings. The molecule has 0 amide bonds. The molecule has 0 aliphatic carbocycles. The SMILES string of the molecule is Cc1ccc([N+](=O)[O-])cc1OCc1ccc(OC(F)(F)F)cc1. The van der Waals surface area contributed by atoms with Crippen LogP contribution < -0.4 is 9.47 Å². The fourth-order valence-corrected chi connectivity index (χ4v) is 1.81. The van der Waals surface area contributed by atoms with Crippen molar-refractivity contribution in [2.45, 2.75) is 19.9 Å². The summed E-state index contributed by atoms with van der Waals surface area (Å²) in [6.07, 6.45) is -4.74. The third-order valence-electron chi connectivity index (χ3n) is 2.93. The zero-order valence-electron chi connectivity index (χ0n) is 12.0. The van der Waals surface area contributed by atoms with Crippen molar-refractivity contribution in [1.29, 1.82) is 0 Å². The molecule has 122 valence electrons. The fraction of sp³-hybridized carbons (Fsp3) is 0.200. The van der Waals surface area contributed by atoms with Gasteiger partial charge in [0.05, 0.1) is 11.0 Å². The standard InChI is InChI=1S/C15H12F3NO4/c1-10-2-5-12(19(20)21)8-14(10)22-9-11-3-6-13(7-4-11)23-15(16,17)18/h2-8H,9H2,1H3. The number of halogens is 3. The molecule has 0 N–H and O–H groups in total. The predicted octanol–water partition coefficient (Wildman–Crippen LogP) is 4.38. The van der Waals surface area contributed by atoms with Crippen molar-refractivity contribution in [2.24, 2.45) is 0 Å². The van der Waals surface area contributed by atoms with Crippen LogP contribution in [0.4, 0.5) is 18.9 Å². The number of nitrogens with zero attached hydrogens (tertiary/aromatic N) is 1. The van der Waals surface area contributed by atoms with Crippen LogP contribution in [0.2, 0.25) is 0 Å². The van der Waals surface area contributed by atoms with Gasteiger partial charge in [0.25, 0.3) is 5.69 Å². The first-order valence-electron chi connectivity index (χ1n) is 6.47. The Morgan fingerprint density at radius 1 is 1.13 bits per heavy atom. The molecular weight excluding hydrogens is 315 g/mol. The van der Waals surface area contributed by atoms with Crippen molar-refractivity contribution in [2.75, 3.05) is 0 Å². The number of rotatable bonds is 5. The lowest BCUT2D eigenvalue weighted by molar-refractivity contribution is -0.385. The van der Waals surface area contributed by atoms with Crippen molar-refractivity contribution in [1.82, 2.24) is 0 Å². The van der Waals surface area contributed by atoms with Gasteiger partial charge >= 0.3 is 6.36 Å². The minimum absolute atomic E-state index is 0.0638. The Hall–Kier alpha value is -2.77. The molecule has 0 fully saturated rings. The summed E-state index contributed by atoms with van der Waals surface area (Å²) < 4.78 is 45.4. The number of hydrogen-bond acceptors (Lipinski definition) is 4. The van der Waals surface area contributed by atoms with Crippen molar-refractivity contribution in [3.05, 3.63) is 63.7 Å². The fourth-order valence-electron chi connectivity index (χ4n) is 1.81. The van der Waals surface area contributed by atoms with Crippen LogP contribution in [0.3, 0.4) is 0 Å². The Bertz CT molecular complexity index is 699. The van der Waals surface area contributed by atoms with Gasteiger partial charge in [-0.15, -0.1) is 13.2 Å². The van der Waals surface area contributed by atoms with Crippen LogP contribution in [0.25, 0.3) is 0 Å². The van der Waals surface area contributed by atoms with Crippen LogP contribution >= 0.6 is 0 Å². The molecule has 8 heteroatoms. The number of alkyl halides is 3. The van der Waals surface area contributed by atoms with Crippen LogP contribution in [0.15, 0.2) is 42.5 Å². The maximum Gasteiger partial charge on any atom is 0.573 e. The molecule has 5 nitrogen and oxygen atoms in total. The second-order valence-electron chi connectivity index (χ2n) is 4.69. The first-order chi connectivity index (χ1) is 10.7. The molecule has 0 radical (unpaired) electrons. The average Bonchev–Trinajstić information content (AvgIpc) is 2.46. The number of nitro benzene ring substituents is 1. The second kappa shape index (κ2) is 6.55. The monoisotopic (exact) mass is 327 g/mol. The molecular formula is C15H12F3NO4. The molecule has 0 heterocycles. The Labute approximate surface area is 129 Å². The van der Waals surface area contributed by atoms with Gasteiger partial charge in [-0.25, -0.2) is 0 Å². The third-order valence-corrected chi connectivity index (χ3v) is 2.93. The summed E-state index contributed by atoms with van der Waals surface area (Å²) in [6.45, 7) is 1.80. The predicted molar refractivity (Wildman–Crippen MR) is 75.3 cm³/mol. The highest BCUT2D eigenvalue weighted by atomic mass is 19.4. The highest BCUT2D eigenvalue weighted by Gasteiger charge is 2.30. The summed E-state index contributed by atoms with van der Waals surface area (Å²) in [6, 6.07) is 9.43. The van der Waals surface area contributed by atoms with Gasteiger partial charge in [-0.1, -0.05) is 12.1 Å². The van der Waals surface area contributed by atoms with Gasteiger partial charge in [0.15, 0.2) is 0 Å². The summed E-state index contributed by atoms with van der Waals surface area (Å²) in [5, 5.41) is 10.7. The molecule has 0 aliphatic heterocycles. The van der Waals surface area contributed by atoms with Gasteiger partial charge in [-0.3, -0.25) is 10.1 Å². The summed E-state index contributed by atoms with van der Waals surface area (Å²) in [4.78, 5) is 10.2. The Morgan fingerprint density at radius 3 is 2.35 bits per heavy atom. The van der Waals surface area contributed by atoms with Gasteiger partial charge in [0, 0.05) is 6.07 Å². The zero-order valence-corrected chi connectivity index (χ0v) is 12.0. The maximum absolute atomic E-state index is 12.1. The van der Waals surface area contributed by atoms with E-state index in [0.29, 0.717) is 16.9 Å². The van der Waals surface area contributed by atoms with E-state index in [4.69, 9.17) is 4.74 Å². The number of non-ortho nitro benzene ring substituents is 1. The van der Waals surface area contributed by atoms with E-state index in [1.54, 1.807) is 13.0 Å². The van der Waals surface area contributed by atoms with E-state index in [0.717, 1.165) is 0 Å². The summed E-state index contributed by atoms with van der Waals surface area (Å²) >= 11 is 0. The largest absolute Gasteiger partial charge is 0.573 e. The van der Waals surface area contributed by atoms with E-state index in [-0.39, 0.29) is 18.0 Å². The lowest BCUT2D eigenvalue weighted by Gasteiger charge is -2.11. The third kappa shape index (κ3) is 4.87. The van der Waals surface area contributed by atoms with E-state index in [1.165, 1.54) is 36.4 Å². The van der Waals surface area contributed by atoms with Gasteiger partial charge < -0.3 is 9.47 Å². The number of benzene rings is 2. The lowest BCUT2D eigenvalue weighted by atomic mass is 10.2. The molecule has 0 saturated carbocycles. The molecule has 0 unspecified atom stereocenters. The van der Waals surface area contributed by atoms with E-state index in [9.17, 15) is 23.3 Å². The minimum atomic E-state index is -4.74. The minimum Gasteiger partial charge on any atom is -0.488 e. The van der Waals surface area contributed by atoms with Gasteiger partial charge in [0.1, 0.15) is 18.1 Å². The van der Waals surface area contributed by atoms with E-state index < -0.39 is 11.3 Å². The number of aryl methyl sites for hydroxylation is 1. The topological polar surface area (TPSA) is 61.6 Å². The molecule has 0 bridgehead atoms. The second-order valence-corrected chi connectivity index (χ2v) is 4.69. The molecule has 2 aromatic rings. The molecule has 0 saturated heterocycles. The molecule has 0 spiro atoms. The Kier molecular flexibility index (Phi) is 4.73. The summed E-state index contributed by atoms with van der Waals surface area (Å²) in [5.41, 5.74) is 1.22. The zero-order chi connectivity index (χ0) is 17.0. The maximum atomic E-state index is 12.1. The Balaban J connectivity index is 2.04. The molecule has 2 rings (SSSR count). The van der Waals surface area contributed by atoms with Crippen molar-refractivity contribution in [3.63, 3.8) is 0 Å². The first-order valence-corrected chi connectivity index (χ1v) is 6.47. The van der Waals surface area contributed by atoms with Crippen LogP contribution in [-0.4, -0.2) is 11.3 Å². The van der Waals surface area contributed by atoms with Crippen molar-refractivity contribution in [3.8, 4) is 11.5 Å². The first kappa shape index (κ1) is 16.6. The van der Waals surface area contributed by atoms with E-state index in [2.05, 4.69) is 4.74 Å². The Morgan fingerprint density at radius 2 is 1.78 bits per heavy atom. The summed E-state index contributed by atoms with van der Waals surface area (Å²) in [7, 11) is 0. The molecule has 23 heavy (non-hydrogen) atoms. The van der Waals surface area contributed by atoms with E-state index in [1.807, 2.05) is 0 Å². The van der Waals surface area contributed by atoms with Crippen LogP contribution in [0, 0.1) is 17.0 Å². The van der Waals surface area contributed by atoms with Gasteiger partial charge in [-0.2, -0.15) is 0 Å². The van der Waals surface area contributed by atoms with Crippen molar-refractivity contribution >= 4 is 5.69 Å². The molecule has 2 aromatic carbocycles. The normalized spacial score (nSPS) is 11.1. The van der Waals surface area contributed by atoms with Crippen LogP contribution in [-0.2, 0) is 6.61 Å².